The van der Waals surface area contributed by atoms with Crippen molar-refractivity contribution >= 4 is 17.5 Å². The summed E-state index contributed by atoms with van der Waals surface area (Å²) in [5.41, 5.74) is 2.46. The number of anilines is 2. The lowest BCUT2D eigenvalue weighted by atomic mass is 10.00. The van der Waals surface area contributed by atoms with Crippen molar-refractivity contribution in [1.29, 1.82) is 0 Å². The highest BCUT2D eigenvalue weighted by Crippen LogP contribution is 2.33. The van der Waals surface area contributed by atoms with E-state index >= 15 is 0 Å². The number of hydrogen-bond acceptors (Lipinski definition) is 6. The summed E-state index contributed by atoms with van der Waals surface area (Å²) in [6.07, 6.45) is 1.58. The summed E-state index contributed by atoms with van der Waals surface area (Å²) in [6, 6.07) is 8.33. The molecule has 0 atom stereocenters. The first-order valence-corrected chi connectivity index (χ1v) is 11.0. The quantitative estimate of drug-likeness (QED) is 0.345. The Kier molecular flexibility index (Phi) is 7.02. The third-order valence-electron chi connectivity index (χ3n) is 5.37. The number of imidazole rings is 1. The Morgan fingerprint density at radius 1 is 1.06 bits per heavy atom. The highest BCUT2D eigenvalue weighted by atomic mass is 19.4. The number of carbonyl (C=O) groups is 1. The van der Waals surface area contributed by atoms with Gasteiger partial charge in [-0.1, -0.05) is 6.07 Å². The zero-order chi connectivity index (χ0) is 25.9. The maximum atomic E-state index is 13.5. The van der Waals surface area contributed by atoms with Gasteiger partial charge in [-0.3, -0.25) is 4.79 Å². The molecule has 0 unspecified atom stereocenters. The van der Waals surface area contributed by atoms with E-state index in [0.717, 1.165) is 17.7 Å². The first kappa shape index (κ1) is 24.9. The SMILES string of the molecule is Cc1cn(-c2cc(NC(=O)c3ccc(C)c(-c4cnc(NCCO)nc4)c3)cc(C(F)(F)F)c2)cn1. The van der Waals surface area contributed by atoms with Gasteiger partial charge in [-0.25, -0.2) is 15.0 Å². The summed E-state index contributed by atoms with van der Waals surface area (Å²) in [5.74, 6) is -0.210. The number of rotatable bonds is 7. The number of benzene rings is 2. The van der Waals surface area contributed by atoms with Gasteiger partial charge in [0.1, 0.15) is 0 Å². The van der Waals surface area contributed by atoms with Gasteiger partial charge in [-0.15, -0.1) is 0 Å². The maximum absolute atomic E-state index is 13.5. The molecule has 0 radical (unpaired) electrons. The average molecular weight is 496 g/mol. The summed E-state index contributed by atoms with van der Waals surface area (Å²) >= 11 is 0. The topological polar surface area (TPSA) is 105 Å². The molecule has 0 bridgehead atoms. The molecule has 0 saturated heterocycles. The predicted molar refractivity (Wildman–Crippen MR) is 129 cm³/mol. The smallest absolute Gasteiger partial charge is 0.395 e. The number of alkyl halides is 3. The van der Waals surface area contributed by atoms with E-state index in [4.69, 9.17) is 5.11 Å². The summed E-state index contributed by atoms with van der Waals surface area (Å²) in [7, 11) is 0. The minimum atomic E-state index is -4.60. The van der Waals surface area contributed by atoms with Crippen LogP contribution in [0.25, 0.3) is 16.8 Å². The summed E-state index contributed by atoms with van der Waals surface area (Å²) < 4.78 is 42.1. The van der Waals surface area contributed by atoms with Crippen LogP contribution in [0.5, 0.6) is 0 Å². The molecule has 4 aromatic rings. The Bertz CT molecular complexity index is 1380. The second kappa shape index (κ2) is 10.2. The van der Waals surface area contributed by atoms with Crippen molar-refractivity contribution in [2.75, 3.05) is 23.8 Å². The van der Waals surface area contributed by atoms with Crippen LogP contribution in [0.15, 0.2) is 61.3 Å². The Labute approximate surface area is 204 Å². The number of amides is 1. The lowest BCUT2D eigenvalue weighted by Gasteiger charge is -2.14. The second-order valence-corrected chi connectivity index (χ2v) is 8.12. The third-order valence-corrected chi connectivity index (χ3v) is 5.37. The monoisotopic (exact) mass is 496 g/mol. The van der Waals surface area contributed by atoms with E-state index in [-0.39, 0.29) is 23.5 Å². The van der Waals surface area contributed by atoms with Gasteiger partial charge >= 0.3 is 6.18 Å². The normalized spacial score (nSPS) is 11.4. The first-order valence-electron chi connectivity index (χ1n) is 11.0. The first-order chi connectivity index (χ1) is 17.1. The van der Waals surface area contributed by atoms with Gasteiger partial charge in [0.15, 0.2) is 0 Å². The molecule has 0 aliphatic rings. The van der Waals surface area contributed by atoms with Crippen LogP contribution in [0.1, 0.15) is 27.2 Å². The highest BCUT2D eigenvalue weighted by molar-refractivity contribution is 6.05. The minimum Gasteiger partial charge on any atom is -0.395 e. The van der Waals surface area contributed by atoms with Crippen molar-refractivity contribution in [2.45, 2.75) is 20.0 Å². The molecule has 0 aliphatic heterocycles. The molecule has 0 fully saturated rings. The Morgan fingerprint density at radius 3 is 2.44 bits per heavy atom. The molecular weight excluding hydrogens is 473 g/mol. The summed E-state index contributed by atoms with van der Waals surface area (Å²) in [4.78, 5) is 25.5. The molecule has 4 rings (SSSR count). The largest absolute Gasteiger partial charge is 0.416 e. The molecule has 2 aromatic heterocycles. The van der Waals surface area contributed by atoms with Gasteiger partial charge < -0.3 is 20.3 Å². The zero-order valence-corrected chi connectivity index (χ0v) is 19.5. The van der Waals surface area contributed by atoms with Crippen molar-refractivity contribution in [3.8, 4) is 16.8 Å². The fourth-order valence-electron chi connectivity index (χ4n) is 3.56. The van der Waals surface area contributed by atoms with Gasteiger partial charge in [0, 0.05) is 47.6 Å². The Morgan fingerprint density at radius 2 is 1.81 bits per heavy atom. The van der Waals surface area contributed by atoms with Gasteiger partial charge in [0.25, 0.3) is 5.91 Å². The molecule has 3 N–H and O–H groups in total. The van der Waals surface area contributed by atoms with Crippen molar-refractivity contribution in [2.24, 2.45) is 0 Å². The van der Waals surface area contributed by atoms with E-state index in [1.807, 2.05) is 6.92 Å². The fourth-order valence-corrected chi connectivity index (χ4v) is 3.56. The number of nitrogens with zero attached hydrogens (tertiary/aromatic N) is 4. The summed E-state index contributed by atoms with van der Waals surface area (Å²) in [6.45, 7) is 3.84. The zero-order valence-electron chi connectivity index (χ0n) is 19.5. The van der Waals surface area contributed by atoms with Gasteiger partial charge in [0.05, 0.1) is 24.2 Å². The fraction of sp³-hybridized carbons (Fsp3) is 0.200. The van der Waals surface area contributed by atoms with Crippen LogP contribution in [0, 0.1) is 13.8 Å². The Hall–Kier alpha value is -4.25. The van der Waals surface area contributed by atoms with E-state index in [0.29, 0.717) is 29.3 Å². The van der Waals surface area contributed by atoms with Crippen LogP contribution in [0.3, 0.4) is 0 Å². The number of aromatic nitrogens is 4. The second-order valence-electron chi connectivity index (χ2n) is 8.12. The van der Waals surface area contributed by atoms with Crippen LogP contribution in [0.4, 0.5) is 24.8 Å². The molecule has 0 spiro atoms. The molecule has 11 heteroatoms. The minimum absolute atomic E-state index is 0.000877. The third kappa shape index (κ3) is 5.69. The molecule has 36 heavy (non-hydrogen) atoms. The van der Waals surface area contributed by atoms with Crippen LogP contribution in [-0.2, 0) is 6.18 Å². The van der Waals surface area contributed by atoms with E-state index in [2.05, 4.69) is 25.6 Å². The average Bonchev–Trinajstić information content (AvgIpc) is 3.29. The maximum Gasteiger partial charge on any atom is 0.416 e. The molecule has 186 valence electrons. The molecular formula is C25H23F3N6O2. The molecule has 2 aromatic carbocycles. The number of aliphatic hydroxyl groups excluding tert-OH is 1. The van der Waals surface area contributed by atoms with Gasteiger partial charge in [-0.05, 0) is 55.3 Å². The lowest BCUT2D eigenvalue weighted by molar-refractivity contribution is -0.137. The van der Waals surface area contributed by atoms with E-state index in [9.17, 15) is 18.0 Å². The van der Waals surface area contributed by atoms with E-state index in [1.54, 1.807) is 43.7 Å². The van der Waals surface area contributed by atoms with Crippen LogP contribution in [0.2, 0.25) is 0 Å². The standard InChI is InChI=1S/C25H23F3N6O2/c1-15-3-4-17(7-22(15)18-11-30-24(31-12-18)29-5-6-35)23(36)33-20-8-19(25(26,27)28)9-21(10-20)34-13-16(2)32-14-34/h3-4,7-14,35H,5-6H2,1-2H3,(H,33,36)(H,29,30,31). The van der Waals surface area contributed by atoms with E-state index < -0.39 is 17.6 Å². The number of aliphatic hydroxyl groups is 1. The number of aryl methyl sites for hydroxylation is 2. The van der Waals surface area contributed by atoms with Crippen molar-refractivity contribution < 1.29 is 23.1 Å². The van der Waals surface area contributed by atoms with Gasteiger partial charge in [-0.2, -0.15) is 13.2 Å². The van der Waals surface area contributed by atoms with Gasteiger partial charge in [0.2, 0.25) is 5.95 Å². The molecule has 8 nitrogen and oxygen atoms in total. The van der Waals surface area contributed by atoms with Crippen LogP contribution in [-0.4, -0.2) is 43.7 Å². The summed E-state index contributed by atoms with van der Waals surface area (Å²) in [5, 5.41) is 14.3. The molecule has 0 saturated carbocycles. The Balaban J connectivity index is 1.62. The van der Waals surface area contributed by atoms with Crippen LogP contribution >= 0.6 is 0 Å². The van der Waals surface area contributed by atoms with Crippen molar-refractivity contribution in [1.82, 2.24) is 19.5 Å². The molecule has 1 amide bonds. The van der Waals surface area contributed by atoms with Crippen molar-refractivity contribution in [3.63, 3.8) is 0 Å². The number of halogens is 3. The lowest BCUT2D eigenvalue weighted by Crippen LogP contribution is -2.14. The molecule has 2 heterocycles. The van der Waals surface area contributed by atoms with E-state index in [1.165, 1.54) is 17.0 Å². The molecule has 0 aliphatic carbocycles. The van der Waals surface area contributed by atoms with Crippen molar-refractivity contribution in [3.05, 3.63) is 83.7 Å². The number of carbonyl (C=O) groups excluding carboxylic acids is 1. The predicted octanol–water partition coefficient (Wildman–Crippen LogP) is 4.62. The highest BCUT2D eigenvalue weighted by Gasteiger charge is 2.31. The number of nitrogens with one attached hydrogen (secondary N) is 2. The van der Waals surface area contributed by atoms with Crippen LogP contribution < -0.4 is 10.6 Å². The number of hydrogen-bond donors (Lipinski definition) is 3.